The van der Waals surface area contributed by atoms with Gasteiger partial charge in [-0.2, -0.15) is 10.4 Å². The topological polar surface area (TPSA) is 107 Å². The molecule has 0 saturated carbocycles. The number of aromatic nitrogens is 2. The van der Waals surface area contributed by atoms with Gasteiger partial charge in [-0.3, -0.25) is 9.79 Å². The highest BCUT2D eigenvalue weighted by atomic mass is 16.5. The number of fused-ring (bicyclic) bond motifs is 1. The molecular formula is C21H22N4O4. The standard InChI is InChI=1S/C21H22N4O4/c1-5-28-20-19-15(11-23-25-20)24-12(3)17(21(26)29-6-2)18(19)14-8-7-13(10-22)9-16(14)27-4/h7-9,11,17-18H,5-6H2,1-4H3. The van der Waals surface area contributed by atoms with Crippen molar-refractivity contribution >= 4 is 17.4 Å². The number of carbonyl (C=O) groups excluding carboxylic acids is 1. The molecule has 8 heteroatoms. The normalized spacial score (nSPS) is 17.6. The first-order valence-electron chi connectivity index (χ1n) is 9.33. The number of esters is 1. The molecule has 2 aromatic rings. The Kier molecular flexibility index (Phi) is 6.07. The van der Waals surface area contributed by atoms with Crippen LogP contribution in [0.25, 0.3) is 0 Å². The smallest absolute Gasteiger partial charge is 0.315 e. The summed E-state index contributed by atoms with van der Waals surface area (Å²) in [4.78, 5) is 17.5. The quantitative estimate of drug-likeness (QED) is 0.693. The fraction of sp³-hybridized carbons (Fsp3) is 0.381. The molecular weight excluding hydrogens is 372 g/mol. The molecule has 8 nitrogen and oxygen atoms in total. The molecule has 0 N–H and O–H groups in total. The van der Waals surface area contributed by atoms with Crippen molar-refractivity contribution in [1.82, 2.24) is 10.2 Å². The Labute approximate surface area is 169 Å². The molecule has 2 unspecified atom stereocenters. The molecule has 1 aromatic heterocycles. The van der Waals surface area contributed by atoms with E-state index >= 15 is 0 Å². The van der Waals surface area contributed by atoms with Gasteiger partial charge in [0.1, 0.15) is 11.7 Å². The number of ether oxygens (including phenoxy) is 3. The van der Waals surface area contributed by atoms with E-state index in [2.05, 4.69) is 21.3 Å². The van der Waals surface area contributed by atoms with Gasteiger partial charge in [-0.1, -0.05) is 6.07 Å². The SMILES string of the molecule is CCOC(=O)C1C(C)=Nc2cnnc(OCC)c2C1c1ccc(C#N)cc1OC. The van der Waals surface area contributed by atoms with Crippen LogP contribution in [0.2, 0.25) is 0 Å². The number of methoxy groups -OCH3 is 1. The average molecular weight is 394 g/mol. The molecule has 0 amide bonds. The summed E-state index contributed by atoms with van der Waals surface area (Å²) < 4.78 is 16.6. The predicted molar refractivity (Wildman–Crippen MR) is 106 cm³/mol. The van der Waals surface area contributed by atoms with Crippen LogP contribution < -0.4 is 9.47 Å². The van der Waals surface area contributed by atoms with Gasteiger partial charge in [0.25, 0.3) is 0 Å². The summed E-state index contributed by atoms with van der Waals surface area (Å²) in [5, 5.41) is 17.4. The molecule has 1 aliphatic heterocycles. The third-order valence-electron chi connectivity index (χ3n) is 4.75. The lowest BCUT2D eigenvalue weighted by molar-refractivity contribution is -0.146. The van der Waals surface area contributed by atoms with Crippen molar-refractivity contribution in [3.63, 3.8) is 0 Å². The first kappa shape index (κ1) is 20.3. The molecule has 0 aliphatic carbocycles. The second-order valence-electron chi connectivity index (χ2n) is 6.41. The summed E-state index contributed by atoms with van der Waals surface area (Å²) in [7, 11) is 1.53. The van der Waals surface area contributed by atoms with Crippen LogP contribution in [-0.2, 0) is 9.53 Å². The van der Waals surface area contributed by atoms with E-state index in [1.165, 1.54) is 7.11 Å². The molecule has 0 fully saturated rings. The van der Waals surface area contributed by atoms with Crippen LogP contribution in [-0.4, -0.2) is 42.2 Å². The molecule has 3 rings (SSSR count). The molecule has 29 heavy (non-hydrogen) atoms. The summed E-state index contributed by atoms with van der Waals surface area (Å²) in [5.41, 5.74) is 3.00. The molecule has 1 aliphatic rings. The molecule has 0 spiro atoms. The zero-order valence-electron chi connectivity index (χ0n) is 16.8. The molecule has 1 aromatic carbocycles. The number of aliphatic imine (C=N–C) groups is 1. The summed E-state index contributed by atoms with van der Waals surface area (Å²) in [5.74, 6) is -0.792. The van der Waals surface area contributed by atoms with Gasteiger partial charge < -0.3 is 14.2 Å². The summed E-state index contributed by atoms with van der Waals surface area (Å²) >= 11 is 0. The van der Waals surface area contributed by atoms with Crippen LogP contribution in [0, 0.1) is 17.2 Å². The Balaban J connectivity index is 2.29. The Morgan fingerprint density at radius 1 is 1.28 bits per heavy atom. The zero-order valence-corrected chi connectivity index (χ0v) is 16.8. The highest BCUT2D eigenvalue weighted by Gasteiger charge is 2.42. The lowest BCUT2D eigenvalue weighted by Crippen LogP contribution is -2.34. The maximum atomic E-state index is 12.9. The van der Waals surface area contributed by atoms with E-state index in [1.54, 1.807) is 38.2 Å². The van der Waals surface area contributed by atoms with Crippen molar-refractivity contribution in [2.75, 3.05) is 20.3 Å². The summed E-state index contributed by atoms with van der Waals surface area (Å²) in [6.45, 7) is 6.03. The average Bonchev–Trinajstić information content (AvgIpc) is 2.72. The van der Waals surface area contributed by atoms with Gasteiger partial charge >= 0.3 is 5.97 Å². The van der Waals surface area contributed by atoms with Gasteiger partial charge in [0, 0.05) is 17.2 Å². The third-order valence-corrected chi connectivity index (χ3v) is 4.75. The number of carbonyl (C=O) groups is 1. The Morgan fingerprint density at radius 3 is 2.72 bits per heavy atom. The molecule has 0 radical (unpaired) electrons. The van der Waals surface area contributed by atoms with E-state index in [0.29, 0.717) is 46.3 Å². The van der Waals surface area contributed by atoms with Gasteiger partial charge in [-0.15, -0.1) is 5.10 Å². The second-order valence-corrected chi connectivity index (χ2v) is 6.41. The van der Waals surface area contributed by atoms with Crippen LogP contribution in [0.3, 0.4) is 0 Å². The number of nitrogens with zero attached hydrogens (tertiary/aromatic N) is 4. The minimum absolute atomic E-state index is 0.250. The Bertz CT molecular complexity index is 997. The first-order valence-corrected chi connectivity index (χ1v) is 9.33. The van der Waals surface area contributed by atoms with Crippen LogP contribution in [0.5, 0.6) is 11.6 Å². The van der Waals surface area contributed by atoms with Crippen molar-refractivity contribution in [3.05, 3.63) is 41.1 Å². The van der Waals surface area contributed by atoms with Gasteiger partial charge in [-0.05, 0) is 32.9 Å². The molecule has 2 heterocycles. The van der Waals surface area contributed by atoms with E-state index in [4.69, 9.17) is 14.2 Å². The van der Waals surface area contributed by atoms with E-state index in [1.807, 2.05) is 6.92 Å². The van der Waals surface area contributed by atoms with Crippen LogP contribution in [0.15, 0.2) is 29.4 Å². The van der Waals surface area contributed by atoms with E-state index in [-0.39, 0.29) is 6.61 Å². The lowest BCUT2D eigenvalue weighted by atomic mass is 9.76. The molecule has 0 bridgehead atoms. The lowest BCUT2D eigenvalue weighted by Gasteiger charge is -2.32. The van der Waals surface area contributed by atoms with Gasteiger partial charge in [0.2, 0.25) is 5.88 Å². The number of hydrogen-bond acceptors (Lipinski definition) is 8. The van der Waals surface area contributed by atoms with Crippen LogP contribution >= 0.6 is 0 Å². The molecule has 150 valence electrons. The van der Waals surface area contributed by atoms with Gasteiger partial charge in [0.05, 0.1) is 49.4 Å². The maximum absolute atomic E-state index is 12.9. The van der Waals surface area contributed by atoms with E-state index < -0.39 is 17.8 Å². The van der Waals surface area contributed by atoms with Crippen LogP contribution in [0.1, 0.15) is 43.4 Å². The van der Waals surface area contributed by atoms with Crippen molar-refractivity contribution in [2.45, 2.75) is 26.7 Å². The van der Waals surface area contributed by atoms with E-state index in [0.717, 1.165) is 0 Å². The van der Waals surface area contributed by atoms with Gasteiger partial charge in [0.15, 0.2) is 0 Å². The van der Waals surface area contributed by atoms with E-state index in [9.17, 15) is 10.1 Å². The monoisotopic (exact) mass is 394 g/mol. The largest absolute Gasteiger partial charge is 0.496 e. The Morgan fingerprint density at radius 2 is 2.07 bits per heavy atom. The van der Waals surface area contributed by atoms with Crippen molar-refractivity contribution in [2.24, 2.45) is 10.9 Å². The zero-order chi connectivity index (χ0) is 21.0. The minimum atomic E-state index is -0.687. The second kappa shape index (κ2) is 8.69. The fourth-order valence-corrected chi connectivity index (χ4v) is 3.57. The Hall–Kier alpha value is -3.47. The highest BCUT2D eigenvalue weighted by Crippen LogP contribution is 2.48. The van der Waals surface area contributed by atoms with Crippen molar-refractivity contribution < 1.29 is 19.0 Å². The fourth-order valence-electron chi connectivity index (χ4n) is 3.57. The van der Waals surface area contributed by atoms with Crippen molar-refractivity contribution in [3.8, 4) is 17.7 Å². The summed E-state index contributed by atoms with van der Waals surface area (Å²) in [6, 6.07) is 7.22. The van der Waals surface area contributed by atoms with Crippen LogP contribution in [0.4, 0.5) is 5.69 Å². The summed E-state index contributed by atoms with van der Waals surface area (Å²) in [6.07, 6.45) is 1.55. The number of benzene rings is 1. The molecule has 0 saturated heterocycles. The first-order chi connectivity index (χ1) is 14.0. The number of hydrogen-bond donors (Lipinski definition) is 0. The highest BCUT2D eigenvalue weighted by molar-refractivity contribution is 6.05. The third kappa shape index (κ3) is 3.76. The van der Waals surface area contributed by atoms with Crippen molar-refractivity contribution in [1.29, 1.82) is 5.26 Å². The molecule has 2 atom stereocenters. The number of rotatable bonds is 6. The predicted octanol–water partition coefficient (Wildman–Crippen LogP) is 3.17. The minimum Gasteiger partial charge on any atom is -0.496 e. The number of nitriles is 1. The maximum Gasteiger partial charge on any atom is 0.315 e. The van der Waals surface area contributed by atoms with Gasteiger partial charge in [-0.25, -0.2) is 0 Å².